The van der Waals surface area contributed by atoms with Gasteiger partial charge in [-0.3, -0.25) is 9.79 Å². The van der Waals surface area contributed by atoms with Gasteiger partial charge in [0, 0.05) is 30.7 Å². The average Bonchev–Trinajstić information content (AvgIpc) is 2.67. The van der Waals surface area contributed by atoms with Crippen molar-refractivity contribution >= 4 is 27.8 Å². The van der Waals surface area contributed by atoms with Crippen molar-refractivity contribution in [3.05, 3.63) is 69.7 Å². The first-order valence-electron chi connectivity index (χ1n) is 8.57. The number of nitrogens with zero attached hydrogens (tertiary/aromatic N) is 1. The molecule has 0 spiro atoms. The maximum atomic E-state index is 11.7. The zero-order valence-corrected chi connectivity index (χ0v) is 16.9. The summed E-state index contributed by atoms with van der Waals surface area (Å²) >= 11 is 3.58. The summed E-state index contributed by atoms with van der Waals surface area (Å²) in [6.45, 7) is 2.82. The number of carbonyl (C=O) groups is 1. The van der Waals surface area contributed by atoms with Crippen LogP contribution in [0, 0.1) is 0 Å². The summed E-state index contributed by atoms with van der Waals surface area (Å²) in [5, 5.41) is 9.36. The van der Waals surface area contributed by atoms with E-state index < -0.39 is 0 Å². The fraction of sp³-hybridized carbons (Fsp3) is 0.300. The predicted molar refractivity (Wildman–Crippen MR) is 111 cm³/mol. The third kappa shape index (κ3) is 5.59. The first-order valence-corrected chi connectivity index (χ1v) is 9.37. The van der Waals surface area contributed by atoms with Crippen molar-refractivity contribution < 1.29 is 4.79 Å². The highest BCUT2D eigenvalue weighted by Gasteiger charge is 2.10. The summed E-state index contributed by atoms with van der Waals surface area (Å²) in [6.07, 6.45) is 0.801. The molecule has 0 radical (unpaired) electrons. The molecule has 138 valence electrons. The van der Waals surface area contributed by atoms with Crippen LogP contribution in [0.5, 0.6) is 0 Å². The lowest BCUT2D eigenvalue weighted by atomic mass is 10.1. The van der Waals surface area contributed by atoms with E-state index >= 15 is 0 Å². The Morgan fingerprint density at radius 2 is 1.96 bits per heavy atom. The molecule has 3 N–H and O–H groups in total. The zero-order chi connectivity index (χ0) is 18.9. The van der Waals surface area contributed by atoms with Gasteiger partial charge in [-0.2, -0.15) is 0 Å². The Bertz CT molecular complexity index is 776. The molecule has 0 saturated carbocycles. The van der Waals surface area contributed by atoms with Crippen molar-refractivity contribution in [2.75, 3.05) is 20.6 Å². The van der Waals surface area contributed by atoms with Crippen molar-refractivity contribution in [3.8, 4) is 0 Å². The molecule has 1 amide bonds. The smallest absolute Gasteiger partial charge is 0.251 e. The number of guanidine groups is 1. The topological polar surface area (TPSA) is 65.5 Å². The number of hydrogen-bond donors (Lipinski definition) is 3. The minimum absolute atomic E-state index is 0.0699. The Balaban J connectivity index is 1.90. The molecule has 2 aromatic carbocycles. The molecule has 1 unspecified atom stereocenters. The Morgan fingerprint density at radius 1 is 1.19 bits per heavy atom. The van der Waals surface area contributed by atoms with E-state index in [1.54, 1.807) is 14.1 Å². The Morgan fingerprint density at radius 3 is 2.65 bits per heavy atom. The van der Waals surface area contributed by atoms with E-state index in [9.17, 15) is 4.79 Å². The van der Waals surface area contributed by atoms with Gasteiger partial charge in [-0.1, -0.05) is 46.3 Å². The van der Waals surface area contributed by atoms with Crippen LogP contribution in [0.4, 0.5) is 0 Å². The molecule has 26 heavy (non-hydrogen) atoms. The number of nitrogens with one attached hydrogen (secondary N) is 3. The summed E-state index contributed by atoms with van der Waals surface area (Å²) in [7, 11) is 3.40. The van der Waals surface area contributed by atoms with Crippen LogP contribution in [0.25, 0.3) is 0 Å². The molecule has 2 aromatic rings. The van der Waals surface area contributed by atoms with Gasteiger partial charge in [-0.05, 0) is 42.7 Å². The summed E-state index contributed by atoms with van der Waals surface area (Å²) < 4.78 is 1.07. The van der Waals surface area contributed by atoms with Gasteiger partial charge in [-0.25, -0.2) is 0 Å². The highest BCUT2D eigenvalue weighted by molar-refractivity contribution is 9.10. The minimum atomic E-state index is -0.0699. The number of halogens is 1. The molecule has 0 aromatic heterocycles. The first-order chi connectivity index (χ1) is 12.5. The average molecular weight is 417 g/mol. The van der Waals surface area contributed by atoms with Gasteiger partial charge in [0.2, 0.25) is 0 Å². The van der Waals surface area contributed by atoms with Gasteiger partial charge >= 0.3 is 0 Å². The molecule has 0 heterocycles. The van der Waals surface area contributed by atoms with Crippen LogP contribution in [0.15, 0.2) is 58.0 Å². The number of rotatable bonds is 6. The van der Waals surface area contributed by atoms with Crippen molar-refractivity contribution in [3.63, 3.8) is 0 Å². The molecule has 1 atom stereocenters. The highest BCUT2D eigenvalue weighted by atomic mass is 79.9. The molecule has 6 heteroatoms. The fourth-order valence-corrected chi connectivity index (χ4v) is 3.27. The lowest BCUT2D eigenvalue weighted by Gasteiger charge is -2.19. The zero-order valence-electron chi connectivity index (χ0n) is 15.3. The van der Waals surface area contributed by atoms with Crippen molar-refractivity contribution in [2.45, 2.75) is 19.4 Å². The molecule has 0 saturated heterocycles. The largest absolute Gasteiger partial charge is 0.356 e. The van der Waals surface area contributed by atoms with Crippen LogP contribution in [0.3, 0.4) is 0 Å². The van der Waals surface area contributed by atoms with Gasteiger partial charge in [0.05, 0.1) is 6.04 Å². The molecule has 0 bridgehead atoms. The monoisotopic (exact) mass is 416 g/mol. The third-order valence-electron chi connectivity index (χ3n) is 4.07. The maximum absolute atomic E-state index is 11.7. The van der Waals surface area contributed by atoms with Crippen LogP contribution in [0.1, 0.15) is 34.5 Å². The molecule has 5 nitrogen and oxygen atoms in total. The fourth-order valence-electron chi connectivity index (χ4n) is 2.64. The quantitative estimate of drug-likeness (QED) is 0.499. The van der Waals surface area contributed by atoms with E-state index in [1.165, 1.54) is 5.56 Å². The van der Waals surface area contributed by atoms with Gasteiger partial charge in [0.25, 0.3) is 5.91 Å². The summed E-state index contributed by atoms with van der Waals surface area (Å²) in [5.41, 5.74) is 2.96. The minimum Gasteiger partial charge on any atom is -0.356 e. The van der Waals surface area contributed by atoms with Crippen LogP contribution < -0.4 is 16.0 Å². The van der Waals surface area contributed by atoms with Crippen LogP contribution in [-0.2, 0) is 6.42 Å². The second kappa shape index (κ2) is 9.97. The molecule has 0 aliphatic carbocycles. The summed E-state index contributed by atoms with van der Waals surface area (Å²) in [6, 6.07) is 15.9. The van der Waals surface area contributed by atoms with Crippen LogP contribution in [0.2, 0.25) is 0 Å². The molecule has 0 aliphatic rings. The van der Waals surface area contributed by atoms with E-state index in [0.717, 1.165) is 29.0 Å². The SMILES string of the molecule is CN=C(NCCc1cccc(C(=O)NC)c1)NC(C)c1ccccc1Br. The molecular weight excluding hydrogens is 392 g/mol. The van der Waals surface area contributed by atoms with Gasteiger partial charge < -0.3 is 16.0 Å². The van der Waals surface area contributed by atoms with E-state index in [2.05, 4.69) is 49.9 Å². The van der Waals surface area contributed by atoms with Gasteiger partial charge in [0.15, 0.2) is 5.96 Å². The van der Waals surface area contributed by atoms with Gasteiger partial charge in [0.1, 0.15) is 0 Å². The third-order valence-corrected chi connectivity index (χ3v) is 4.79. The molecular formula is C20H25BrN4O. The Hall–Kier alpha value is -2.34. The number of hydrogen-bond acceptors (Lipinski definition) is 2. The molecule has 2 rings (SSSR count). The number of aliphatic imine (C=N–C) groups is 1. The first kappa shape index (κ1) is 20.0. The summed E-state index contributed by atoms with van der Waals surface area (Å²) in [4.78, 5) is 16.0. The highest BCUT2D eigenvalue weighted by Crippen LogP contribution is 2.22. The second-order valence-corrected chi connectivity index (χ2v) is 6.77. The van der Waals surface area contributed by atoms with Crippen molar-refractivity contribution in [1.29, 1.82) is 0 Å². The molecule has 0 aliphatic heterocycles. The van der Waals surface area contributed by atoms with Crippen molar-refractivity contribution in [2.24, 2.45) is 4.99 Å². The number of amides is 1. The van der Waals surface area contributed by atoms with Gasteiger partial charge in [-0.15, -0.1) is 0 Å². The van der Waals surface area contributed by atoms with Crippen LogP contribution >= 0.6 is 15.9 Å². The van der Waals surface area contributed by atoms with E-state index in [1.807, 2.05) is 42.5 Å². The van der Waals surface area contributed by atoms with E-state index in [4.69, 9.17) is 0 Å². The Labute approximate surface area is 163 Å². The normalized spacial score (nSPS) is 12.4. The second-order valence-electron chi connectivity index (χ2n) is 5.92. The summed E-state index contributed by atoms with van der Waals surface area (Å²) in [5.74, 6) is 0.676. The standard InChI is InChI=1S/C20H25BrN4O/c1-14(17-9-4-5-10-18(17)21)25-20(23-3)24-12-11-15-7-6-8-16(13-15)19(26)22-2/h4-10,13-14H,11-12H2,1-3H3,(H,22,26)(H2,23,24,25). The lowest BCUT2D eigenvalue weighted by Crippen LogP contribution is -2.39. The van der Waals surface area contributed by atoms with E-state index in [0.29, 0.717) is 5.56 Å². The lowest BCUT2D eigenvalue weighted by molar-refractivity contribution is 0.0963. The number of benzene rings is 2. The Kier molecular flexibility index (Phi) is 7.66. The molecule has 0 fully saturated rings. The number of carbonyl (C=O) groups excluding carboxylic acids is 1. The maximum Gasteiger partial charge on any atom is 0.251 e. The predicted octanol–water partition coefficient (Wildman–Crippen LogP) is 3.28. The van der Waals surface area contributed by atoms with Crippen molar-refractivity contribution in [1.82, 2.24) is 16.0 Å². The van der Waals surface area contributed by atoms with Crippen LogP contribution in [-0.4, -0.2) is 32.5 Å². The van der Waals surface area contributed by atoms with E-state index in [-0.39, 0.29) is 11.9 Å².